The predicted octanol–water partition coefficient (Wildman–Crippen LogP) is 1.68. The Labute approximate surface area is 161 Å². The van der Waals surface area contributed by atoms with Gasteiger partial charge in [0.05, 0.1) is 20.2 Å². The van der Waals surface area contributed by atoms with Crippen LogP contribution in [0.1, 0.15) is 33.3 Å². The summed E-state index contributed by atoms with van der Waals surface area (Å²) < 4.78 is 5.02. The minimum atomic E-state index is -0.247. The maximum Gasteiger partial charge on any atom is 0.239 e. The number of hydrogen-bond acceptors (Lipinski definition) is 4. The van der Waals surface area contributed by atoms with Gasteiger partial charge in [-0.05, 0) is 33.3 Å². The summed E-state index contributed by atoms with van der Waals surface area (Å²) in [6, 6.07) is 3.70. The van der Waals surface area contributed by atoms with E-state index in [1.54, 1.807) is 19.4 Å². The Bertz CT molecular complexity index is 526. The number of pyridine rings is 1. The quantitative estimate of drug-likeness (QED) is 0.350. The van der Waals surface area contributed by atoms with E-state index >= 15 is 0 Å². The second-order valence-electron chi connectivity index (χ2n) is 6.06. The van der Waals surface area contributed by atoms with Crippen molar-refractivity contribution in [3.05, 3.63) is 23.9 Å². The number of guanidine groups is 1. The molecule has 0 aliphatic rings. The first-order valence-electron chi connectivity index (χ1n) is 7.66. The summed E-state index contributed by atoms with van der Waals surface area (Å²) in [5.74, 6) is 1.09. The number of nitrogens with zero attached hydrogens (tertiary/aromatic N) is 2. The van der Waals surface area contributed by atoms with Crippen molar-refractivity contribution in [1.82, 2.24) is 20.9 Å². The Morgan fingerprint density at radius 2 is 2.00 bits per heavy atom. The summed E-state index contributed by atoms with van der Waals surface area (Å²) in [5, 5.41) is 9.02. The Balaban J connectivity index is 0.00000529. The lowest BCUT2D eigenvalue weighted by molar-refractivity contribution is -0.121. The molecular formula is C16H28IN5O2. The summed E-state index contributed by atoms with van der Waals surface area (Å²) in [5.41, 5.74) is 0.713. The van der Waals surface area contributed by atoms with E-state index in [4.69, 9.17) is 4.74 Å². The average Bonchev–Trinajstić information content (AvgIpc) is 2.49. The number of carbonyl (C=O) groups excluding carboxylic acids is 1. The van der Waals surface area contributed by atoms with Gasteiger partial charge in [0.15, 0.2) is 5.96 Å². The SMILES string of the molecule is CCNC(=NCc1ccc(OC)nc1)NCC(=O)NC(C)(C)C.I. The van der Waals surface area contributed by atoms with Crippen molar-refractivity contribution in [3.63, 3.8) is 0 Å². The van der Waals surface area contributed by atoms with Gasteiger partial charge in [-0.15, -0.1) is 24.0 Å². The number of hydrogen-bond donors (Lipinski definition) is 3. The molecule has 1 rings (SSSR count). The van der Waals surface area contributed by atoms with Crippen LogP contribution in [-0.4, -0.2) is 42.6 Å². The van der Waals surface area contributed by atoms with E-state index in [9.17, 15) is 4.79 Å². The van der Waals surface area contributed by atoms with Gasteiger partial charge in [0.2, 0.25) is 11.8 Å². The molecule has 0 saturated carbocycles. The molecule has 0 aliphatic carbocycles. The number of amides is 1. The van der Waals surface area contributed by atoms with E-state index in [0.717, 1.165) is 5.56 Å². The third-order valence-electron chi connectivity index (χ3n) is 2.70. The highest BCUT2D eigenvalue weighted by Gasteiger charge is 2.13. The zero-order valence-electron chi connectivity index (χ0n) is 15.0. The normalized spacial score (nSPS) is 11.3. The summed E-state index contributed by atoms with van der Waals surface area (Å²) >= 11 is 0. The van der Waals surface area contributed by atoms with Gasteiger partial charge in [0.25, 0.3) is 0 Å². The maximum absolute atomic E-state index is 11.8. The third-order valence-corrected chi connectivity index (χ3v) is 2.70. The van der Waals surface area contributed by atoms with Crippen LogP contribution < -0.4 is 20.7 Å². The fourth-order valence-electron chi connectivity index (χ4n) is 1.76. The van der Waals surface area contributed by atoms with Gasteiger partial charge in [0.1, 0.15) is 0 Å². The fraction of sp³-hybridized carbons (Fsp3) is 0.562. The lowest BCUT2D eigenvalue weighted by Crippen LogP contribution is -2.48. The molecule has 0 bridgehead atoms. The predicted molar refractivity (Wildman–Crippen MR) is 107 cm³/mol. The molecule has 0 fully saturated rings. The van der Waals surface area contributed by atoms with Crippen molar-refractivity contribution in [2.24, 2.45) is 4.99 Å². The molecular weight excluding hydrogens is 421 g/mol. The largest absolute Gasteiger partial charge is 0.481 e. The molecule has 0 saturated heterocycles. The highest BCUT2D eigenvalue weighted by Crippen LogP contribution is 2.07. The second kappa shape index (κ2) is 11.1. The van der Waals surface area contributed by atoms with E-state index < -0.39 is 0 Å². The number of carbonyl (C=O) groups is 1. The summed E-state index contributed by atoms with van der Waals surface area (Å²) in [6.07, 6.45) is 1.72. The zero-order chi connectivity index (χ0) is 17.3. The average molecular weight is 449 g/mol. The summed E-state index contributed by atoms with van der Waals surface area (Å²) in [4.78, 5) is 20.4. The van der Waals surface area contributed by atoms with E-state index in [0.29, 0.717) is 24.9 Å². The van der Waals surface area contributed by atoms with Crippen LogP contribution >= 0.6 is 24.0 Å². The van der Waals surface area contributed by atoms with Crippen LogP contribution in [0.4, 0.5) is 0 Å². The monoisotopic (exact) mass is 449 g/mol. The van der Waals surface area contributed by atoms with Gasteiger partial charge in [-0.2, -0.15) is 0 Å². The Kier molecular flexibility index (Phi) is 10.3. The van der Waals surface area contributed by atoms with E-state index in [1.165, 1.54) is 0 Å². The summed E-state index contributed by atoms with van der Waals surface area (Å²) in [7, 11) is 1.58. The van der Waals surface area contributed by atoms with E-state index in [-0.39, 0.29) is 42.0 Å². The number of nitrogens with one attached hydrogen (secondary N) is 3. The molecule has 0 aliphatic heterocycles. The number of halogens is 1. The van der Waals surface area contributed by atoms with Crippen LogP contribution in [0.3, 0.4) is 0 Å². The van der Waals surface area contributed by atoms with Crippen LogP contribution in [0.25, 0.3) is 0 Å². The van der Waals surface area contributed by atoms with Crippen LogP contribution in [0.2, 0.25) is 0 Å². The highest BCUT2D eigenvalue weighted by atomic mass is 127. The standard InChI is InChI=1S/C16H27N5O2.HI/c1-6-17-15(20-11-13(22)21-16(2,3)4)19-10-12-7-8-14(23-5)18-9-12;/h7-9H,6,10-11H2,1-5H3,(H,21,22)(H2,17,19,20);1H. The number of methoxy groups -OCH3 is 1. The molecule has 7 nitrogen and oxygen atoms in total. The molecule has 0 radical (unpaired) electrons. The van der Waals surface area contributed by atoms with Gasteiger partial charge >= 0.3 is 0 Å². The van der Waals surface area contributed by atoms with Crippen LogP contribution in [-0.2, 0) is 11.3 Å². The smallest absolute Gasteiger partial charge is 0.239 e. The first-order chi connectivity index (χ1) is 10.8. The van der Waals surface area contributed by atoms with E-state index in [1.807, 2.05) is 33.8 Å². The van der Waals surface area contributed by atoms with Gasteiger partial charge in [0, 0.05) is 24.3 Å². The van der Waals surface area contributed by atoms with Crippen molar-refractivity contribution in [3.8, 4) is 5.88 Å². The minimum Gasteiger partial charge on any atom is -0.481 e. The molecule has 24 heavy (non-hydrogen) atoms. The number of aromatic nitrogens is 1. The molecule has 1 aromatic heterocycles. The Morgan fingerprint density at radius 1 is 1.29 bits per heavy atom. The Morgan fingerprint density at radius 3 is 2.50 bits per heavy atom. The minimum absolute atomic E-state index is 0. The lowest BCUT2D eigenvalue weighted by Gasteiger charge is -2.21. The van der Waals surface area contributed by atoms with Crippen molar-refractivity contribution in [1.29, 1.82) is 0 Å². The highest BCUT2D eigenvalue weighted by molar-refractivity contribution is 14.0. The van der Waals surface area contributed by atoms with Crippen molar-refractivity contribution >= 4 is 35.8 Å². The summed E-state index contributed by atoms with van der Waals surface area (Å²) in [6.45, 7) is 9.16. The van der Waals surface area contributed by atoms with Gasteiger partial charge in [-0.1, -0.05) is 6.07 Å². The molecule has 1 heterocycles. The molecule has 3 N–H and O–H groups in total. The van der Waals surface area contributed by atoms with Crippen LogP contribution in [0.15, 0.2) is 23.3 Å². The number of rotatable bonds is 6. The number of ether oxygens (including phenoxy) is 1. The first-order valence-corrected chi connectivity index (χ1v) is 7.66. The molecule has 0 atom stereocenters. The second-order valence-corrected chi connectivity index (χ2v) is 6.06. The van der Waals surface area contributed by atoms with Crippen LogP contribution in [0.5, 0.6) is 5.88 Å². The molecule has 1 aromatic rings. The van der Waals surface area contributed by atoms with Gasteiger partial charge in [-0.25, -0.2) is 9.98 Å². The fourth-order valence-corrected chi connectivity index (χ4v) is 1.76. The number of aliphatic imine (C=N–C) groups is 1. The van der Waals surface area contributed by atoms with Crippen molar-refractivity contribution in [2.45, 2.75) is 39.8 Å². The lowest BCUT2D eigenvalue weighted by atomic mass is 10.1. The maximum atomic E-state index is 11.8. The molecule has 8 heteroatoms. The van der Waals surface area contributed by atoms with Gasteiger partial charge < -0.3 is 20.7 Å². The van der Waals surface area contributed by atoms with Crippen LogP contribution in [0, 0.1) is 0 Å². The molecule has 136 valence electrons. The molecule has 1 amide bonds. The van der Waals surface area contributed by atoms with Crippen molar-refractivity contribution in [2.75, 3.05) is 20.2 Å². The van der Waals surface area contributed by atoms with Crippen molar-refractivity contribution < 1.29 is 9.53 Å². The van der Waals surface area contributed by atoms with Gasteiger partial charge in [-0.3, -0.25) is 4.79 Å². The molecule has 0 spiro atoms. The van der Waals surface area contributed by atoms with E-state index in [2.05, 4.69) is 25.9 Å². The molecule has 0 aromatic carbocycles. The zero-order valence-corrected chi connectivity index (χ0v) is 17.3. The Hall–Kier alpha value is -1.58. The third kappa shape index (κ3) is 9.53. The first kappa shape index (κ1) is 22.4. The molecule has 0 unspecified atom stereocenters. The topological polar surface area (TPSA) is 87.6 Å².